The first-order chi connectivity index (χ1) is 6.83. The van der Waals surface area contributed by atoms with E-state index in [1.807, 2.05) is 18.3 Å². The highest BCUT2D eigenvalue weighted by Crippen LogP contribution is 2.20. The van der Waals surface area contributed by atoms with Crippen LogP contribution in [0.5, 0.6) is 0 Å². The second-order valence-electron chi connectivity index (χ2n) is 3.42. The van der Waals surface area contributed by atoms with E-state index < -0.39 is 0 Å². The lowest BCUT2D eigenvalue weighted by atomic mass is 10.0. The number of aryl methyl sites for hydroxylation is 1. The predicted octanol–water partition coefficient (Wildman–Crippen LogP) is 3.27. The van der Waals surface area contributed by atoms with Gasteiger partial charge in [0.05, 0.1) is 5.52 Å². The molecule has 2 aromatic rings. The molecule has 0 saturated heterocycles. The standard InChI is InChI=1S/C13H13N/c1-3-5-11-10(2)7-8-13-12(11)6-4-9-14-13/h3-4,6-9H,1,5H2,2H3. The van der Waals surface area contributed by atoms with Crippen LogP contribution in [0.2, 0.25) is 0 Å². The van der Waals surface area contributed by atoms with Gasteiger partial charge in [-0.2, -0.15) is 0 Å². The minimum Gasteiger partial charge on any atom is -0.256 e. The number of aromatic nitrogens is 1. The van der Waals surface area contributed by atoms with Crippen molar-refractivity contribution in [1.82, 2.24) is 4.98 Å². The molecule has 1 heterocycles. The van der Waals surface area contributed by atoms with Crippen molar-refractivity contribution in [2.24, 2.45) is 0 Å². The summed E-state index contributed by atoms with van der Waals surface area (Å²) in [6.07, 6.45) is 4.68. The Morgan fingerprint density at radius 3 is 3.00 bits per heavy atom. The first-order valence-electron chi connectivity index (χ1n) is 4.77. The van der Waals surface area contributed by atoms with Crippen molar-refractivity contribution in [2.45, 2.75) is 13.3 Å². The molecule has 0 aliphatic heterocycles. The Balaban J connectivity index is 2.75. The minimum absolute atomic E-state index is 0.912. The van der Waals surface area contributed by atoms with E-state index in [4.69, 9.17) is 0 Å². The molecule has 0 radical (unpaired) electrons. The van der Waals surface area contributed by atoms with Gasteiger partial charge in [0.1, 0.15) is 0 Å². The van der Waals surface area contributed by atoms with Crippen LogP contribution in [0.15, 0.2) is 43.1 Å². The van der Waals surface area contributed by atoms with Crippen LogP contribution < -0.4 is 0 Å². The number of benzene rings is 1. The van der Waals surface area contributed by atoms with Crippen LogP contribution in [-0.4, -0.2) is 4.98 Å². The summed E-state index contributed by atoms with van der Waals surface area (Å²) in [5, 5.41) is 1.24. The zero-order chi connectivity index (χ0) is 9.97. The maximum absolute atomic E-state index is 4.33. The van der Waals surface area contributed by atoms with Crippen molar-refractivity contribution in [2.75, 3.05) is 0 Å². The van der Waals surface area contributed by atoms with Crippen LogP contribution >= 0.6 is 0 Å². The van der Waals surface area contributed by atoms with Crippen molar-refractivity contribution in [1.29, 1.82) is 0 Å². The lowest BCUT2D eigenvalue weighted by Crippen LogP contribution is -1.90. The van der Waals surface area contributed by atoms with Gasteiger partial charge in [0.25, 0.3) is 0 Å². The van der Waals surface area contributed by atoms with Gasteiger partial charge in [-0.3, -0.25) is 4.98 Å². The quantitative estimate of drug-likeness (QED) is 0.651. The summed E-state index contributed by atoms with van der Waals surface area (Å²) in [6, 6.07) is 8.29. The summed E-state index contributed by atoms with van der Waals surface area (Å²) in [4.78, 5) is 4.33. The van der Waals surface area contributed by atoms with E-state index in [1.165, 1.54) is 16.5 Å². The van der Waals surface area contributed by atoms with E-state index in [0.717, 1.165) is 11.9 Å². The zero-order valence-corrected chi connectivity index (χ0v) is 8.33. The van der Waals surface area contributed by atoms with Crippen molar-refractivity contribution in [3.63, 3.8) is 0 Å². The number of fused-ring (bicyclic) bond motifs is 1. The highest BCUT2D eigenvalue weighted by Gasteiger charge is 2.02. The second kappa shape index (κ2) is 3.62. The molecule has 2 rings (SSSR count). The maximum atomic E-state index is 4.33. The van der Waals surface area contributed by atoms with Gasteiger partial charge in [0.15, 0.2) is 0 Å². The van der Waals surface area contributed by atoms with Gasteiger partial charge in [0, 0.05) is 11.6 Å². The van der Waals surface area contributed by atoms with Crippen molar-refractivity contribution in [3.05, 3.63) is 54.2 Å². The van der Waals surface area contributed by atoms with E-state index in [1.54, 1.807) is 0 Å². The van der Waals surface area contributed by atoms with Gasteiger partial charge in [0.2, 0.25) is 0 Å². The number of hydrogen-bond donors (Lipinski definition) is 0. The fraction of sp³-hybridized carbons (Fsp3) is 0.154. The number of nitrogens with zero attached hydrogens (tertiary/aromatic N) is 1. The van der Waals surface area contributed by atoms with Crippen LogP contribution in [0.25, 0.3) is 10.9 Å². The second-order valence-corrected chi connectivity index (χ2v) is 3.42. The highest BCUT2D eigenvalue weighted by molar-refractivity contribution is 5.83. The maximum Gasteiger partial charge on any atom is 0.0705 e. The van der Waals surface area contributed by atoms with Crippen LogP contribution in [0, 0.1) is 6.92 Å². The number of rotatable bonds is 2. The van der Waals surface area contributed by atoms with E-state index in [2.05, 4.69) is 36.7 Å². The molecular weight excluding hydrogens is 170 g/mol. The summed E-state index contributed by atoms with van der Waals surface area (Å²) in [5.41, 5.74) is 3.71. The van der Waals surface area contributed by atoms with Crippen LogP contribution in [0.4, 0.5) is 0 Å². The average Bonchev–Trinajstić information content (AvgIpc) is 2.23. The summed E-state index contributed by atoms with van der Waals surface area (Å²) >= 11 is 0. The fourth-order valence-electron chi connectivity index (χ4n) is 1.74. The van der Waals surface area contributed by atoms with Crippen LogP contribution in [0.3, 0.4) is 0 Å². The molecule has 1 aromatic heterocycles. The predicted molar refractivity (Wildman–Crippen MR) is 60.4 cm³/mol. The normalized spacial score (nSPS) is 10.4. The minimum atomic E-state index is 0.912. The average molecular weight is 183 g/mol. The molecule has 0 aliphatic rings. The third-order valence-corrected chi connectivity index (χ3v) is 2.48. The highest BCUT2D eigenvalue weighted by atomic mass is 14.6. The monoisotopic (exact) mass is 183 g/mol. The molecule has 0 atom stereocenters. The molecule has 0 bridgehead atoms. The van der Waals surface area contributed by atoms with Gasteiger partial charge in [-0.15, -0.1) is 6.58 Å². The van der Waals surface area contributed by atoms with E-state index in [0.29, 0.717) is 0 Å². The van der Waals surface area contributed by atoms with E-state index in [9.17, 15) is 0 Å². The molecule has 0 unspecified atom stereocenters. The Labute approximate surface area is 84.1 Å². The molecule has 14 heavy (non-hydrogen) atoms. The van der Waals surface area contributed by atoms with Gasteiger partial charge in [-0.05, 0) is 36.6 Å². The van der Waals surface area contributed by atoms with Gasteiger partial charge >= 0.3 is 0 Å². The fourth-order valence-corrected chi connectivity index (χ4v) is 1.74. The molecule has 0 fully saturated rings. The molecule has 0 amide bonds. The molecular formula is C13H13N. The Kier molecular flexibility index (Phi) is 2.32. The van der Waals surface area contributed by atoms with Gasteiger partial charge in [-0.25, -0.2) is 0 Å². The van der Waals surface area contributed by atoms with Gasteiger partial charge in [-0.1, -0.05) is 18.2 Å². The third-order valence-electron chi connectivity index (χ3n) is 2.48. The van der Waals surface area contributed by atoms with Crippen LogP contribution in [0.1, 0.15) is 11.1 Å². The zero-order valence-electron chi connectivity index (χ0n) is 8.33. The van der Waals surface area contributed by atoms with Crippen LogP contribution in [-0.2, 0) is 6.42 Å². The van der Waals surface area contributed by atoms with Crippen molar-refractivity contribution in [3.8, 4) is 0 Å². The molecule has 70 valence electrons. The Morgan fingerprint density at radius 2 is 2.21 bits per heavy atom. The summed E-state index contributed by atoms with van der Waals surface area (Å²) in [7, 11) is 0. The first kappa shape index (κ1) is 8.95. The molecule has 1 heteroatoms. The molecule has 0 saturated carbocycles. The number of allylic oxidation sites excluding steroid dienone is 1. The molecule has 0 N–H and O–H groups in total. The molecule has 1 nitrogen and oxygen atoms in total. The summed E-state index contributed by atoms with van der Waals surface area (Å²) < 4.78 is 0. The van der Waals surface area contributed by atoms with Gasteiger partial charge < -0.3 is 0 Å². The number of pyridine rings is 1. The van der Waals surface area contributed by atoms with E-state index in [-0.39, 0.29) is 0 Å². The first-order valence-corrected chi connectivity index (χ1v) is 4.77. The smallest absolute Gasteiger partial charge is 0.0705 e. The molecule has 1 aromatic carbocycles. The topological polar surface area (TPSA) is 12.9 Å². The Morgan fingerprint density at radius 1 is 1.36 bits per heavy atom. The third kappa shape index (κ3) is 1.41. The number of hydrogen-bond acceptors (Lipinski definition) is 1. The Bertz CT molecular complexity index is 472. The van der Waals surface area contributed by atoms with Crippen molar-refractivity contribution >= 4 is 10.9 Å². The van der Waals surface area contributed by atoms with E-state index >= 15 is 0 Å². The molecule has 0 spiro atoms. The lowest BCUT2D eigenvalue weighted by Gasteiger charge is -2.06. The largest absolute Gasteiger partial charge is 0.256 e. The summed E-state index contributed by atoms with van der Waals surface area (Å²) in [6.45, 7) is 5.91. The van der Waals surface area contributed by atoms with Crippen molar-refractivity contribution < 1.29 is 0 Å². The summed E-state index contributed by atoms with van der Waals surface area (Å²) in [5.74, 6) is 0. The SMILES string of the molecule is C=CCc1c(C)ccc2ncccc12. The Hall–Kier alpha value is -1.63. The lowest BCUT2D eigenvalue weighted by molar-refractivity contribution is 1.24. The molecule has 0 aliphatic carbocycles.